The van der Waals surface area contributed by atoms with Crippen LogP contribution in [0.1, 0.15) is 49.4 Å². The van der Waals surface area contributed by atoms with Crippen LogP contribution >= 0.6 is 11.3 Å². The minimum atomic E-state index is -0.0715. The number of nitrogens with zero attached hydrogens (tertiary/aromatic N) is 1. The molecule has 0 aliphatic rings. The van der Waals surface area contributed by atoms with Gasteiger partial charge in [-0.3, -0.25) is 4.79 Å². The number of carbonyl (C=O) groups excluding carboxylic acids is 1. The van der Waals surface area contributed by atoms with Gasteiger partial charge >= 0.3 is 0 Å². The molecule has 0 unspecified atom stereocenters. The Bertz CT molecular complexity index is 609. The molecule has 0 saturated carbocycles. The number of aromatic nitrogens is 1. The zero-order valence-corrected chi connectivity index (χ0v) is 14.5. The first-order chi connectivity index (χ1) is 10.4. The molecule has 2 aromatic heterocycles. The Morgan fingerprint density at radius 2 is 2.18 bits per heavy atom. The molecule has 0 bridgehead atoms. The van der Waals surface area contributed by atoms with Gasteiger partial charge in [0.1, 0.15) is 5.76 Å². The van der Waals surface area contributed by atoms with Gasteiger partial charge in [0.2, 0.25) is 5.91 Å². The number of rotatable bonds is 6. The highest BCUT2D eigenvalue weighted by Gasteiger charge is 2.21. The maximum Gasteiger partial charge on any atom is 0.225 e. The molecule has 2 aromatic rings. The second-order valence-electron chi connectivity index (χ2n) is 6.49. The summed E-state index contributed by atoms with van der Waals surface area (Å²) in [6.45, 7) is 8.91. The average Bonchev–Trinajstić information content (AvgIpc) is 3.04. The number of hydrogen-bond acceptors (Lipinski definition) is 4. The van der Waals surface area contributed by atoms with Gasteiger partial charge in [0.15, 0.2) is 5.89 Å². The molecule has 0 aromatic carbocycles. The van der Waals surface area contributed by atoms with E-state index >= 15 is 0 Å². The van der Waals surface area contributed by atoms with Crippen LogP contribution in [0.25, 0.3) is 0 Å². The summed E-state index contributed by atoms with van der Waals surface area (Å²) >= 11 is 1.61. The third-order valence-electron chi connectivity index (χ3n) is 3.35. The maximum absolute atomic E-state index is 11.8. The molecule has 120 valence electrons. The molecule has 1 N–H and O–H groups in total. The van der Waals surface area contributed by atoms with Gasteiger partial charge in [0.25, 0.3) is 0 Å². The standard InChI is InChI=1S/C17H24N2O2S/c1-12-14(21-16(19-12)17(2,3)4)8-5-9-18-15(20)11-13-7-6-10-22-13/h6-7,10H,5,8-9,11H2,1-4H3,(H,18,20). The first kappa shape index (κ1) is 16.7. The lowest BCUT2D eigenvalue weighted by Crippen LogP contribution is -2.26. The molecule has 0 aliphatic carbocycles. The van der Waals surface area contributed by atoms with Gasteiger partial charge in [-0.1, -0.05) is 26.8 Å². The van der Waals surface area contributed by atoms with Gasteiger partial charge in [-0.05, 0) is 24.8 Å². The van der Waals surface area contributed by atoms with Crippen LogP contribution in [0.15, 0.2) is 21.9 Å². The van der Waals surface area contributed by atoms with Gasteiger partial charge in [-0.2, -0.15) is 0 Å². The van der Waals surface area contributed by atoms with E-state index in [0.717, 1.165) is 35.1 Å². The smallest absolute Gasteiger partial charge is 0.225 e. The number of thiophene rings is 1. The molecule has 2 heterocycles. The first-order valence-corrected chi connectivity index (χ1v) is 8.50. The van der Waals surface area contributed by atoms with Crippen LogP contribution in [0.2, 0.25) is 0 Å². The number of hydrogen-bond donors (Lipinski definition) is 1. The molecule has 1 amide bonds. The monoisotopic (exact) mass is 320 g/mol. The quantitative estimate of drug-likeness (QED) is 0.827. The van der Waals surface area contributed by atoms with E-state index in [1.54, 1.807) is 11.3 Å². The van der Waals surface area contributed by atoms with Crippen molar-refractivity contribution >= 4 is 17.2 Å². The van der Waals surface area contributed by atoms with Crippen LogP contribution in [0.5, 0.6) is 0 Å². The Morgan fingerprint density at radius 3 is 2.77 bits per heavy atom. The number of oxazole rings is 1. The molecule has 0 saturated heterocycles. The van der Waals surface area contributed by atoms with Crippen LogP contribution in [-0.2, 0) is 23.1 Å². The van der Waals surface area contributed by atoms with Crippen molar-refractivity contribution in [2.75, 3.05) is 6.54 Å². The molecule has 5 heteroatoms. The van der Waals surface area contributed by atoms with E-state index in [2.05, 4.69) is 31.1 Å². The highest BCUT2D eigenvalue weighted by atomic mass is 32.1. The van der Waals surface area contributed by atoms with Crippen molar-refractivity contribution in [1.29, 1.82) is 0 Å². The van der Waals surface area contributed by atoms with Crippen LogP contribution in [0, 0.1) is 6.92 Å². The van der Waals surface area contributed by atoms with Gasteiger partial charge in [-0.15, -0.1) is 11.3 Å². The van der Waals surface area contributed by atoms with Crippen molar-refractivity contribution in [2.45, 2.75) is 52.4 Å². The number of amides is 1. The molecular formula is C17H24N2O2S. The minimum Gasteiger partial charge on any atom is -0.445 e. The summed E-state index contributed by atoms with van der Waals surface area (Å²) in [5.41, 5.74) is 0.882. The van der Waals surface area contributed by atoms with Crippen LogP contribution in [0.3, 0.4) is 0 Å². The summed E-state index contributed by atoms with van der Waals surface area (Å²) < 4.78 is 5.85. The zero-order valence-electron chi connectivity index (χ0n) is 13.7. The lowest BCUT2D eigenvalue weighted by Gasteiger charge is -2.12. The van der Waals surface area contributed by atoms with E-state index in [1.165, 1.54) is 0 Å². The van der Waals surface area contributed by atoms with Gasteiger partial charge in [0.05, 0.1) is 12.1 Å². The topological polar surface area (TPSA) is 55.1 Å². The first-order valence-electron chi connectivity index (χ1n) is 7.62. The number of carbonyl (C=O) groups is 1. The number of nitrogens with one attached hydrogen (secondary N) is 1. The van der Waals surface area contributed by atoms with E-state index in [-0.39, 0.29) is 11.3 Å². The summed E-state index contributed by atoms with van der Waals surface area (Å²) in [4.78, 5) is 17.4. The molecule has 2 rings (SSSR count). The van der Waals surface area contributed by atoms with E-state index in [0.29, 0.717) is 13.0 Å². The van der Waals surface area contributed by atoms with Crippen LogP contribution < -0.4 is 5.32 Å². The normalized spacial score (nSPS) is 11.6. The van der Waals surface area contributed by atoms with E-state index in [9.17, 15) is 4.79 Å². The molecule has 0 radical (unpaired) electrons. The van der Waals surface area contributed by atoms with Crippen molar-refractivity contribution in [3.05, 3.63) is 39.7 Å². The predicted octanol–water partition coefficient (Wildman–Crippen LogP) is 3.63. The Labute approximate surface area is 136 Å². The van der Waals surface area contributed by atoms with Gasteiger partial charge in [0, 0.05) is 23.3 Å². The fourth-order valence-corrected chi connectivity index (χ4v) is 2.79. The average molecular weight is 320 g/mol. The van der Waals surface area contributed by atoms with Crippen molar-refractivity contribution in [3.8, 4) is 0 Å². The fourth-order valence-electron chi connectivity index (χ4n) is 2.09. The second kappa shape index (κ2) is 7.09. The summed E-state index contributed by atoms with van der Waals surface area (Å²) in [5, 5.41) is 4.94. The molecular weight excluding hydrogens is 296 g/mol. The van der Waals surface area contributed by atoms with Gasteiger partial charge < -0.3 is 9.73 Å². The van der Waals surface area contributed by atoms with Crippen molar-refractivity contribution in [1.82, 2.24) is 10.3 Å². The molecule has 0 spiro atoms. The third kappa shape index (κ3) is 4.70. The SMILES string of the molecule is Cc1nc(C(C)(C)C)oc1CCCNC(=O)Cc1cccs1. The Balaban J connectivity index is 1.75. The zero-order chi connectivity index (χ0) is 16.2. The largest absolute Gasteiger partial charge is 0.445 e. The summed E-state index contributed by atoms with van der Waals surface area (Å²) in [6.07, 6.45) is 2.12. The lowest BCUT2D eigenvalue weighted by molar-refractivity contribution is -0.120. The van der Waals surface area contributed by atoms with Crippen molar-refractivity contribution in [2.24, 2.45) is 0 Å². The molecule has 22 heavy (non-hydrogen) atoms. The van der Waals surface area contributed by atoms with Crippen LogP contribution in [-0.4, -0.2) is 17.4 Å². The Hall–Kier alpha value is -1.62. The molecule has 0 fully saturated rings. The van der Waals surface area contributed by atoms with E-state index in [4.69, 9.17) is 4.42 Å². The molecule has 0 atom stereocenters. The van der Waals surface area contributed by atoms with Crippen LogP contribution in [0.4, 0.5) is 0 Å². The lowest BCUT2D eigenvalue weighted by atomic mass is 9.97. The fraction of sp³-hybridized carbons (Fsp3) is 0.529. The molecule has 0 aliphatic heterocycles. The second-order valence-corrected chi connectivity index (χ2v) is 7.52. The predicted molar refractivity (Wildman–Crippen MR) is 89.3 cm³/mol. The summed E-state index contributed by atoms with van der Waals surface area (Å²) in [7, 11) is 0. The number of aryl methyl sites for hydroxylation is 2. The van der Waals surface area contributed by atoms with Crippen molar-refractivity contribution in [3.63, 3.8) is 0 Å². The highest BCUT2D eigenvalue weighted by Crippen LogP contribution is 2.24. The maximum atomic E-state index is 11.8. The summed E-state index contributed by atoms with van der Waals surface area (Å²) in [6, 6.07) is 3.95. The highest BCUT2D eigenvalue weighted by molar-refractivity contribution is 7.10. The van der Waals surface area contributed by atoms with Gasteiger partial charge in [-0.25, -0.2) is 4.98 Å². The van der Waals surface area contributed by atoms with E-state index < -0.39 is 0 Å². The van der Waals surface area contributed by atoms with Crippen molar-refractivity contribution < 1.29 is 9.21 Å². The molecule has 4 nitrogen and oxygen atoms in total. The Morgan fingerprint density at radius 1 is 1.41 bits per heavy atom. The Kier molecular flexibility index (Phi) is 5.40. The summed E-state index contributed by atoms with van der Waals surface area (Å²) in [5.74, 6) is 1.78. The van der Waals surface area contributed by atoms with E-state index in [1.807, 2.05) is 24.4 Å². The third-order valence-corrected chi connectivity index (χ3v) is 4.23. The minimum absolute atomic E-state index is 0.0715.